The van der Waals surface area contributed by atoms with Gasteiger partial charge in [-0.1, -0.05) is 11.3 Å². The number of amides is 2. The summed E-state index contributed by atoms with van der Waals surface area (Å²) in [7, 11) is 3.87. The summed E-state index contributed by atoms with van der Waals surface area (Å²) in [6.45, 7) is 1.04. The fourth-order valence-corrected chi connectivity index (χ4v) is 3.66. The third kappa shape index (κ3) is 4.77. The second kappa shape index (κ2) is 9.17. The molecule has 1 aliphatic rings. The smallest absolute Gasteiger partial charge is 0.276 e. The van der Waals surface area contributed by atoms with Gasteiger partial charge in [-0.2, -0.15) is 0 Å². The number of aromatic nitrogens is 3. The Kier molecular flexibility index (Phi) is 6.16. The van der Waals surface area contributed by atoms with Crippen LogP contribution in [0.15, 0.2) is 54.7 Å². The topological polar surface area (TPSA) is 83.4 Å². The van der Waals surface area contributed by atoms with Gasteiger partial charge in [-0.3, -0.25) is 9.59 Å². The van der Waals surface area contributed by atoms with Crippen molar-refractivity contribution >= 4 is 17.5 Å². The van der Waals surface area contributed by atoms with Crippen LogP contribution in [0.4, 0.5) is 10.1 Å². The van der Waals surface area contributed by atoms with Crippen molar-refractivity contribution in [2.45, 2.75) is 18.9 Å². The molecule has 2 heterocycles. The maximum absolute atomic E-state index is 13.1. The Morgan fingerprint density at radius 1 is 1.09 bits per heavy atom. The number of halogens is 1. The molecular weight excluding hydrogens is 411 g/mol. The fourth-order valence-electron chi connectivity index (χ4n) is 3.66. The quantitative estimate of drug-likeness (QED) is 0.665. The highest BCUT2D eigenvalue weighted by molar-refractivity contribution is 5.95. The summed E-state index contributed by atoms with van der Waals surface area (Å²) in [5, 5.41) is 11.0. The summed E-state index contributed by atoms with van der Waals surface area (Å²) < 4.78 is 14.5. The number of carbonyl (C=O) groups is 2. The molecule has 1 aromatic heterocycles. The highest BCUT2D eigenvalue weighted by Crippen LogP contribution is 2.17. The van der Waals surface area contributed by atoms with E-state index < -0.39 is 0 Å². The van der Waals surface area contributed by atoms with Crippen LogP contribution in [0.5, 0.6) is 0 Å². The molecule has 3 aromatic rings. The molecule has 0 saturated carbocycles. The van der Waals surface area contributed by atoms with Crippen molar-refractivity contribution in [3.63, 3.8) is 0 Å². The highest BCUT2D eigenvalue weighted by Gasteiger charge is 2.26. The first-order valence-electron chi connectivity index (χ1n) is 10.5. The zero-order valence-electron chi connectivity index (χ0n) is 18.0. The van der Waals surface area contributed by atoms with E-state index in [2.05, 4.69) is 15.6 Å². The lowest BCUT2D eigenvalue weighted by Gasteiger charge is -2.32. The number of hydrogen-bond acceptors (Lipinski definition) is 5. The van der Waals surface area contributed by atoms with Crippen molar-refractivity contribution in [3.8, 4) is 5.69 Å². The molecule has 0 radical (unpaired) electrons. The van der Waals surface area contributed by atoms with Crippen molar-refractivity contribution in [2.24, 2.45) is 0 Å². The molecule has 0 atom stereocenters. The Morgan fingerprint density at radius 3 is 2.50 bits per heavy atom. The maximum Gasteiger partial charge on any atom is 0.276 e. The standard InChI is InChI=1S/C23H25FN6O2/c1-28(2)20-5-3-4-16(14-20)22(31)25-18-10-12-29(13-11-18)23(32)21-15-30(27-26-21)19-8-6-17(24)7-9-19/h3-9,14-15,18H,10-13H2,1-2H3,(H,25,31). The Hall–Kier alpha value is -3.75. The summed E-state index contributed by atoms with van der Waals surface area (Å²) in [6.07, 6.45) is 2.87. The number of likely N-dealkylation sites (tertiary alicyclic amines) is 1. The molecule has 2 aromatic carbocycles. The van der Waals surface area contributed by atoms with E-state index in [0.717, 1.165) is 5.69 Å². The molecule has 4 rings (SSSR count). The van der Waals surface area contributed by atoms with E-state index in [1.165, 1.54) is 16.8 Å². The third-order valence-corrected chi connectivity index (χ3v) is 5.55. The van der Waals surface area contributed by atoms with Crippen LogP contribution >= 0.6 is 0 Å². The molecule has 0 bridgehead atoms. The van der Waals surface area contributed by atoms with Crippen LogP contribution < -0.4 is 10.2 Å². The van der Waals surface area contributed by atoms with Gasteiger partial charge in [-0.15, -0.1) is 5.10 Å². The van der Waals surface area contributed by atoms with Gasteiger partial charge >= 0.3 is 0 Å². The number of carbonyl (C=O) groups excluding carboxylic acids is 2. The number of nitrogens with zero attached hydrogens (tertiary/aromatic N) is 5. The largest absolute Gasteiger partial charge is 0.378 e. The molecular formula is C23H25FN6O2. The van der Waals surface area contributed by atoms with Gasteiger partial charge in [0.1, 0.15) is 5.82 Å². The predicted molar refractivity (Wildman–Crippen MR) is 118 cm³/mol. The molecule has 0 aliphatic carbocycles. The normalized spacial score (nSPS) is 14.3. The van der Waals surface area contributed by atoms with E-state index in [0.29, 0.717) is 37.2 Å². The van der Waals surface area contributed by atoms with Gasteiger partial charge in [-0.05, 0) is 55.3 Å². The van der Waals surface area contributed by atoms with Crippen LogP contribution in [0.2, 0.25) is 0 Å². The van der Waals surface area contributed by atoms with Gasteiger partial charge in [0.25, 0.3) is 11.8 Å². The predicted octanol–water partition coefficient (Wildman–Crippen LogP) is 2.51. The minimum absolute atomic E-state index is 0.00413. The van der Waals surface area contributed by atoms with E-state index in [4.69, 9.17) is 0 Å². The number of rotatable bonds is 5. The first-order valence-corrected chi connectivity index (χ1v) is 10.5. The number of hydrogen-bond donors (Lipinski definition) is 1. The Morgan fingerprint density at radius 2 is 1.81 bits per heavy atom. The molecule has 0 spiro atoms. The van der Waals surface area contributed by atoms with Crippen molar-refractivity contribution in [1.29, 1.82) is 0 Å². The fraction of sp³-hybridized carbons (Fsp3) is 0.304. The van der Waals surface area contributed by atoms with Crippen LogP contribution in [0.3, 0.4) is 0 Å². The molecule has 0 unspecified atom stereocenters. The minimum Gasteiger partial charge on any atom is -0.378 e. The summed E-state index contributed by atoms with van der Waals surface area (Å²) in [5.41, 5.74) is 2.44. The number of piperidine rings is 1. The molecule has 9 heteroatoms. The zero-order chi connectivity index (χ0) is 22.7. The molecule has 2 amide bonds. The Balaban J connectivity index is 1.33. The average molecular weight is 436 g/mol. The molecule has 166 valence electrons. The summed E-state index contributed by atoms with van der Waals surface area (Å²) >= 11 is 0. The van der Waals surface area contributed by atoms with E-state index >= 15 is 0 Å². The van der Waals surface area contributed by atoms with Crippen LogP contribution in [0, 0.1) is 5.82 Å². The summed E-state index contributed by atoms with van der Waals surface area (Å²) in [6, 6.07) is 13.3. The summed E-state index contributed by atoms with van der Waals surface area (Å²) in [5.74, 6) is -0.659. The van der Waals surface area contributed by atoms with Crippen molar-refractivity contribution < 1.29 is 14.0 Å². The molecule has 1 saturated heterocycles. The summed E-state index contributed by atoms with van der Waals surface area (Å²) in [4.78, 5) is 29.1. The van der Waals surface area contributed by atoms with Gasteiger partial charge in [0, 0.05) is 44.5 Å². The number of nitrogens with one attached hydrogen (secondary N) is 1. The molecule has 1 aliphatic heterocycles. The molecule has 1 fully saturated rings. The van der Waals surface area contributed by atoms with Gasteiger partial charge in [0.05, 0.1) is 11.9 Å². The number of benzene rings is 2. The lowest BCUT2D eigenvalue weighted by Crippen LogP contribution is -2.46. The highest BCUT2D eigenvalue weighted by atomic mass is 19.1. The van der Waals surface area contributed by atoms with Crippen LogP contribution in [0.1, 0.15) is 33.7 Å². The van der Waals surface area contributed by atoms with Gasteiger partial charge in [0.15, 0.2) is 5.69 Å². The third-order valence-electron chi connectivity index (χ3n) is 5.55. The van der Waals surface area contributed by atoms with Gasteiger partial charge < -0.3 is 15.1 Å². The first kappa shape index (κ1) is 21.5. The molecule has 1 N–H and O–H groups in total. The minimum atomic E-state index is -0.342. The van der Waals surface area contributed by atoms with Crippen molar-refractivity contribution in [2.75, 3.05) is 32.1 Å². The van der Waals surface area contributed by atoms with Gasteiger partial charge in [-0.25, -0.2) is 9.07 Å². The monoisotopic (exact) mass is 436 g/mol. The Bertz CT molecular complexity index is 1100. The van der Waals surface area contributed by atoms with E-state index in [1.807, 2.05) is 37.2 Å². The lowest BCUT2D eigenvalue weighted by molar-refractivity contribution is 0.0692. The number of anilines is 1. The SMILES string of the molecule is CN(C)c1cccc(C(=O)NC2CCN(C(=O)c3cn(-c4ccc(F)cc4)nn3)CC2)c1. The lowest BCUT2D eigenvalue weighted by atomic mass is 10.0. The van der Waals surface area contributed by atoms with Crippen LogP contribution in [0.25, 0.3) is 5.69 Å². The second-order valence-electron chi connectivity index (χ2n) is 8.01. The van der Waals surface area contributed by atoms with E-state index in [1.54, 1.807) is 29.3 Å². The first-order chi connectivity index (χ1) is 15.4. The molecule has 32 heavy (non-hydrogen) atoms. The maximum atomic E-state index is 13.1. The van der Waals surface area contributed by atoms with Crippen LogP contribution in [-0.2, 0) is 0 Å². The Labute approximate surface area is 185 Å². The second-order valence-corrected chi connectivity index (χ2v) is 8.01. The van der Waals surface area contributed by atoms with Gasteiger partial charge in [0.2, 0.25) is 0 Å². The average Bonchev–Trinajstić information content (AvgIpc) is 3.30. The zero-order valence-corrected chi connectivity index (χ0v) is 18.0. The van der Waals surface area contributed by atoms with E-state index in [9.17, 15) is 14.0 Å². The van der Waals surface area contributed by atoms with Crippen molar-refractivity contribution in [3.05, 3.63) is 71.8 Å². The van der Waals surface area contributed by atoms with Crippen LogP contribution in [-0.4, -0.2) is 64.9 Å². The van der Waals surface area contributed by atoms with E-state index in [-0.39, 0.29) is 29.4 Å². The molecule has 8 nitrogen and oxygen atoms in total. The van der Waals surface area contributed by atoms with Crippen molar-refractivity contribution in [1.82, 2.24) is 25.2 Å².